The van der Waals surface area contributed by atoms with E-state index in [9.17, 15) is 19.2 Å². The van der Waals surface area contributed by atoms with E-state index in [4.69, 9.17) is 5.73 Å². The molecule has 0 bridgehead atoms. The lowest BCUT2D eigenvalue weighted by molar-refractivity contribution is -0.119. The number of fused-ring (bicyclic) bond motifs is 2. The molecule has 32 heavy (non-hydrogen) atoms. The zero-order chi connectivity index (χ0) is 22.4. The summed E-state index contributed by atoms with van der Waals surface area (Å²) in [5.41, 5.74) is 6.36. The van der Waals surface area contributed by atoms with Crippen molar-refractivity contribution in [3.05, 3.63) is 96.7 Å². The smallest absolute Gasteiger partial charge is 0.296 e. The van der Waals surface area contributed by atoms with Gasteiger partial charge in [0.05, 0.1) is 11.3 Å². The maximum Gasteiger partial charge on any atom is 0.296 e. The van der Waals surface area contributed by atoms with Crippen molar-refractivity contribution in [2.24, 2.45) is 5.73 Å². The number of amides is 2. The maximum atomic E-state index is 13.2. The molecule has 0 aliphatic carbocycles. The van der Waals surface area contributed by atoms with E-state index in [-0.39, 0.29) is 33.7 Å². The number of nitrogens with zero attached hydrogens (tertiary/aromatic N) is 4. The maximum absolute atomic E-state index is 13.2. The molecule has 0 radical (unpaired) electrons. The molecule has 0 atom stereocenters. The fourth-order valence-electron chi connectivity index (χ4n) is 3.70. The van der Waals surface area contributed by atoms with E-state index in [1.54, 1.807) is 24.3 Å². The Morgan fingerprint density at radius 2 is 1.72 bits per heavy atom. The van der Waals surface area contributed by atoms with Crippen molar-refractivity contribution in [2.45, 2.75) is 6.42 Å². The summed E-state index contributed by atoms with van der Waals surface area (Å²) in [7, 11) is 0. The number of carbonyl (C=O) groups excluding carboxylic acids is 2. The van der Waals surface area contributed by atoms with Crippen LogP contribution in [0.5, 0.6) is 0 Å². The Balaban J connectivity index is 1.72. The normalized spacial score (nSPS) is 14.8. The Morgan fingerprint density at radius 3 is 2.47 bits per heavy atom. The molecule has 0 unspecified atom stereocenters. The zero-order valence-corrected chi connectivity index (χ0v) is 17.3. The van der Waals surface area contributed by atoms with Crippen LogP contribution in [0.25, 0.3) is 10.5 Å². The Hall–Kier alpha value is -4.18. The molecule has 1 aliphatic rings. The highest BCUT2D eigenvalue weighted by Crippen LogP contribution is 2.34. The summed E-state index contributed by atoms with van der Waals surface area (Å²) in [6, 6.07) is 16.1. The largest absolute Gasteiger partial charge is 0.368 e. The molecule has 0 spiro atoms. The van der Waals surface area contributed by atoms with Crippen molar-refractivity contribution in [1.82, 2.24) is 14.6 Å². The van der Waals surface area contributed by atoms with Gasteiger partial charge in [-0.3, -0.25) is 24.1 Å². The van der Waals surface area contributed by atoms with Crippen molar-refractivity contribution in [1.29, 1.82) is 0 Å². The SMILES string of the molecule is NC(=O)CN1C(=O)C(=c2sc3nc(=O)c(Cc4ccccc4)nn3c2=O)c2ccccc21. The van der Waals surface area contributed by atoms with Gasteiger partial charge >= 0.3 is 0 Å². The van der Waals surface area contributed by atoms with Crippen LogP contribution in [0.4, 0.5) is 5.69 Å². The van der Waals surface area contributed by atoms with E-state index in [0.717, 1.165) is 21.4 Å². The van der Waals surface area contributed by atoms with Crippen molar-refractivity contribution in [3.8, 4) is 0 Å². The van der Waals surface area contributed by atoms with Crippen LogP contribution < -0.4 is 26.3 Å². The molecule has 2 N–H and O–H groups in total. The van der Waals surface area contributed by atoms with E-state index in [1.165, 1.54) is 4.90 Å². The van der Waals surface area contributed by atoms with E-state index >= 15 is 0 Å². The molecule has 0 saturated heterocycles. The Bertz CT molecular complexity index is 1580. The van der Waals surface area contributed by atoms with Crippen molar-refractivity contribution < 1.29 is 9.59 Å². The fourth-order valence-corrected chi connectivity index (χ4v) is 4.70. The Kier molecular flexibility index (Phi) is 4.63. The molecule has 2 amide bonds. The van der Waals surface area contributed by atoms with E-state index < -0.39 is 22.9 Å². The summed E-state index contributed by atoms with van der Waals surface area (Å²) in [6.07, 6.45) is 0.227. The highest BCUT2D eigenvalue weighted by molar-refractivity contribution is 7.15. The number of nitrogens with two attached hydrogens (primary N) is 1. The standard InChI is InChI=1S/C22H15N5O4S/c23-16(28)11-26-15-9-5-4-8-13(15)17(20(26)30)18-21(31)27-22(32-18)24-19(29)14(25-27)10-12-6-2-1-3-7-12/h1-9H,10-11H2,(H2,23,28). The van der Waals surface area contributed by atoms with Crippen LogP contribution in [0.3, 0.4) is 0 Å². The first-order valence-corrected chi connectivity index (χ1v) is 10.5. The van der Waals surface area contributed by atoms with Gasteiger partial charge in [-0.2, -0.15) is 14.6 Å². The van der Waals surface area contributed by atoms with Gasteiger partial charge in [-0.05, 0) is 11.6 Å². The number of thiazole rings is 1. The number of benzene rings is 2. The molecular weight excluding hydrogens is 430 g/mol. The minimum Gasteiger partial charge on any atom is -0.368 e. The first kappa shape index (κ1) is 19.8. The van der Waals surface area contributed by atoms with Crippen LogP contribution in [-0.4, -0.2) is 33.0 Å². The van der Waals surface area contributed by atoms with Crippen molar-refractivity contribution >= 4 is 39.4 Å². The third kappa shape index (κ3) is 3.17. The molecule has 10 heteroatoms. The molecular formula is C22H15N5O4S. The van der Waals surface area contributed by atoms with Crippen LogP contribution in [0.1, 0.15) is 16.8 Å². The summed E-state index contributed by atoms with van der Waals surface area (Å²) < 4.78 is 1.16. The topological polar surface area (TPSA) is 128 Å². The van der Waals surface area contributed by atoms with Gasteiger partial charge in [0.15, 0.2) is 0 Å². The number of para-hydroxylation sites is 1. The molecule has 2 aromatic carbocycles. The van der Waals surface area contributed by atoms with Gasteiger partial charge in [0.1, 0.15) is 16.8 Å². The van der Waals surface area contributed by atoms with Gasteiger partial charge in [-0.1, -0.05) is 59.9 Å². The lowest BCUT2D eigenvalue weighted by Crippen LogP contribution is -2.37. The molecule has 158 valence electrons. The molecule has 4 aromatic rings. The molecule has 0 saturated carbocycles. The summed E-state index contributed by atoms with van der Waals surface area (Å²) >= 11 is 0.915. The number of aromatic nitrogens is 3. The highest BCUT2D eigenvalue weighted by Gasteiger charge is 2.34. The minimum atomic E-state index is -0.674. The first-order chi connectivity index (χ1) is 15.4. The lowest BCUT2D eigenvalue weighted by Gasteiger charge is -2.14. The second kappa shape index (κ2) is 7.50. The third-order valence-corrected chi connectivity index (χ3v) is 6.13. The van der Waals surface area contributed by atoms with E-state index in [1.807, 2.05) is 30.3 Å². The third-order valence-electron chi connectivity index (χ3n) is 5.10. The van der Waals surface area contributed by atoms with Gasteiger partial charge in [0, 0.05) is 12.0 Å². The summed E-state index contributed by atoms with van der Waals surface area (Å²) in [5, 5.41) is 4.24. The first-order valence-electron chi connectivity index (χ1n) is 9.64. The van der Waals surface area contributed by atoms with Gasteiger partial charge in [0.25, 0.3) is 17.0 Å². The predicted octanol–water partition coefficient (Wildman–Crippen LogP) is -0.148. The lowest BCUT2D eigenvalue weighted by atomic mass is 10.1. The molecule has 2 aromatic heterocycles. The quantitative estimate of drug-likeness (QED) is 0.465. The molecule has 5 rings (SSSR count). The second-order valence-electron chi connectivity index (χ2n) is 7.21. The predicted molar refractivity (Wildman–Crippen MR) is 118 cm³/mol. The Labute approximate surface area is 184 Å². The molecule has 9 nitrogen and oxygen atoms in total. The van der Waals surface area contributed by atoms with Crippen molar-refractivity contribution in [3.63, 3.8) is 0 Å². The number of rotatable bonds is 4. The number of hydrogen-bond donors (Lipinski definition) is 1. The molecule has 3 heterocycles. The van der Waals surface area contributed by atoms with Crippen LogP contribution in [0, 0.1) is 0 Å². The van der Waals surface area contributed by atoms with Crippen LogP contribution >= 0.6 is 11.3 Å². The van der Waals surface area contributed by atoms with Gasteiger partial charge in [0.2, 0.25) is 10.9 Å². The molecule has 0 fully saturated rings. The highest BCUT2D eigenvalue weighted by atomic mass is 32.1. The Morgan fingerprint density at radius 1 is 1.00 bits per heavy atom. The monoisotopic (exact) mass is 445 g/mol. The number of carbonyl (C=O) groups is 2. The van der Waals surface area contributed by atoms with Gasteiger partial charge in [-0.15, -0.1) is 0 Å². The number of primary amides is 1. The molecule has 1 aliphatic heterocycles. The van der Waals surface area contributed by atoms with Crippen LogP contribution in [0.15, 0.2) is 64.2 Å². The van der Waals surface area contributed by atoms with E-state index in [2.05, 4.69) is 10.1 Å². The van der Waals surface area contributed by atoms with Crippen LogP contribution in [0.2, 0.25) is 0 Å². The summed E-state index contributed by atoms with van der Waals surface area (Å²) in [6.45, 7) is -0.312. The van der Waals surface area contributed by atoms with Gasteiger partial charge in [-0.25, -0.2) is 0 Å². The minimum absolute atomic E-state index is 0.0953. The van der Waals surface area contributed by atoms with Crippen LogP contribution in [-0.2, 0) is 16.0 Å². The number of anilines is 1. The summed E-state index contributed by atoms with van der Waals surface area (Å²) in [4.78, 5) is 55.7. The van der Waals surface area contributed by atoms with Crippen molar-refractivity contribution in [2.75, 3.05) is 11.4 Å². The number of hydrogen-bond acceptors (Lipinski definition) is 7. The zero-order valence-electron chi connectivity index (χ0n) is 16.5. The van der Waals surface area contributed by atoms with Gasteiger partial charge < -0.3 is 5.73 Å². The average Bonchev–Trinajstić information content (AvgIpc) is 3.22. The average molecular weight is 445 g/mol. The summed E-state index contributed by atoms with van der Waals surface area (Å²) in [5.74, 6) is -1.19. The van der Waals surface area contributed by atoms with E-state index in [0.29, 0.717) is 11.3 Å². The second-order valence-corrected chi connectivity index (χ2v) is 8.18. The fraction of sp³-hybridized carbons (Fsp3) is 0.0909.